The van der Waals surface area contributed by atoms with Crippen molar-refractivity contribution in [2.45, 2.75) is 73.1 Å². The molecule has 130 valence electrons. The molecule has 0 saturated heterocycles. The van der Waals surface area contributed by atoms with Crippen molar-refractivity contribution in [1.29, 1.82) is 0 Å². The van der Waals surface area contributed by atoms with Crippen LogP contribution in [0.15, 0.2) is 11.6 Å². The van der Waals surface area contributed by atoms with Crippen molar-refractivity contribution in [3.8, 4) is 0 Å². The Morgan fingerprint density at radius 1 is 1.35 bits per heavy atom. The van der Waals surface area contributed by atoms with Gasteiger partial charge in [-0.15, -0.1) is 0 Å². The fourth-order valence-corrected chi connectivity index (χ4v) is 5.53. The molecule has 0 spiro atoms. The number of allylic oxidation sites excluding steroid dienone is 2. The summed E-state index contributed by atoms with van der Waals surface area (Å²) in [5.41, 5.74) is 1.29. The number of aliphatic carboxylic acids is 1. The molecule has 0 aliphatic heterocycles. The molecule has 0 aromatic heterocycles. The normalized spacial score (nSPS) is 34.5. The lowest BCUT2D eigenvalue weighted by atomic mass is 9.48. The summed E-state index contributed by atoms with van der Waals surface area (Å²) in [6.45, 7) is 10.9. The lowest BCUT2D eigenvalue weighted by Crippen LogP contribution is -2.52. The van der Waals surface area contributed by atoms with Gasteiger partial charge in [-0.25, -0.2) is 0 Å². The van der Waals surface area contributed by atoms with E-state index in [2.05, 4.69) is 27.7 Å². The molecule has 2 rings (SSSR count). The molecule has 3 heteroatoms. The number of hydrogen-bond acceptors (Lipinski definition) is 2. The van der Waals surface area contributed by atoms with E-state index >= 15 is 0 Å². The number of carbonyl (C=O) groups excluding carboxylic acids is 1. The molecule has 3 nitrogen and oxygen atoms in total. The van der Waals surface area contributed by atoms with Gasteiger partial charge in [-0.1, -0.05) is 39.7 Å². The van der Waals surface area contributed by atoms with Crippen LogP contribution >= 0.6 is 0 Å². The van der Waals surface area contributed by atoms with Crippen LogP contribution in [0.3, 0.4) is 0 Å². The molecule has 0 unspecified atom stereocenters. The summed E-state index contributed by atoms with van der Waals surface area (Å²) in [5, 5.41) is 8.96. The van der Waals surface area contributed by atoms with Crippen LogP contribution in [0.5, 0.6) is 0 Å². The van der Waals surface area contributed by atoms with Crippen molar-refractivity contribution in [1.82, 2.24) is 0 Å². The minimum absolute atomic E-state index is 0.0284. The van der Waals surface area contributed by atoms with Crippen molar-refractivity contribution in [2.75, 3.05) is 0 Å². The van der Waals surface area contributed by atoms with E-state index in [0.29, 0.717) is 11.7 Å². The van der Waals surface area contributed by atoms with Crippen molar-refractivity contribution < 1.29 is 14.7 Å². The second kappa shape index (κ2) is 6.41. The Morgan fingerprint density at radius 2 is 2.00 bits per heavy atom. The fraction of sp³-hybridized carbons (Fsp3) is 0.800. The van der Waals surface area contributed by atoms with E-state index in [9.17, 15) is 9.59 Å². The summed E-state index contributed by atoms with van der Waals surface area (Å²) in [5.74, 6) is 0.292. The van der Waals surface area contributed by atoms with Gasteiger partial charge in [0.05, 0.1) is 0 Å². The molecular formula is C20H32O3. The van der Waals surface area contributed by atoms with Gasteiger partial charge in [0.2, 0.25) is 0 Å². The first-order valence-electron chi connectivity index (χ1n) is 9.02. The molecule has 0 aromatic rings. The lowest BCUT2D eigenvalue weighted by Gasteiger charge is -2.55. The van der Waals surface area contributed by atoms with Gasteiger partial charge in [0, 0.05) is 12.3 Å². The summed E-state index contributed by atoms with van der Waals surface area (Å²) in [4.78, 5) is 23.6. The molecule has 1 saturated carbocycles. The van der Waals surface area contributed by atoms with E-state index in [4.69, 9.17) is 5.11 Å². The predicted molar refractivity (Wildman–Crippen MR) is 92.1 cm³/mol. The number of fused-ring (bicyclic) bond motifs is 1. The summed E-state index contributed by atoms with van der Waals surface area (Å²) < 4.78 is 0. The van der Waals surface area contributed by atoms with E-state index in [1.54, 1.807) is 0 Å². The first-order chi connectivity index (χ1) is 10.6. The quantitative estimate of drug-likeness (QED) is 0.787. The molecule has 0 radical (unpaired) electrons. The molecule has 0 heterocycles. The maximum Gasteiger partial charge on any atom is 0.303 e. The highest BCUT2D eigenvalue weighted by Gasteiger charge is 2.55. The molecule has 1 fully saturated rings. The first kappa shape index (κ1) is 18.2. The lowest BCUT2D eigenvalue weighted by molar-refractivity contribution is -0.138. The largest absolute Gasteiger partial charge is 0.481 e. The highest BCUT2D eigenvalue weighted by Crippen LogP contribution is 2.59. The van der Waals surface area contributed by atoms with Crippen LogP contribution in [-0.4, -0.2) is 16.9 Å². The van der Waals surface area contributed by atoms with Gasteiger partial charge in [0.25, 0.3) is 0 Å². The van der Waals surface area contributed by atoms with E-state index in [1.165, 1.54) is 12.0 Å². The van der Waals surface area contributed by atoms with Gasteiger partial charge < -0.3 is 5.11 Å². The second-order valence-corrected chi connectivity index (χ2v) is 8.90. The zero-order valence-electron chi connectivity index (χ0n) is 15.3. The summed E-state index contributed by atoms with van der Waals surface area (Å²) in [6, 6.07) is 0. The topological polar surface area (TPSA) is 54.4 Å². The minimum atomic E-state index is -0.716. The van der Waals surface area contributed by atoms with E-state index in [0.717, 1.165) is 25.7 Å². The average Bonchev–Trinajstić information content (AvgIpc) is 2.34. The molecule has 2 aliphatic rings. The Bertz CT molecular complexity index is 517. The third-order valence-corrected chi connectivity index (χ3v) is 6.45. The van der Waals surface area contributed by atoms with Gasteiger partial charge >= 0.3 is 5.97 Å². The van der Waals surface area contributed by atoms with Gasteiger partial charge in [0.1, 0.15) is 0 Å². The number of ketones is 1. The van der Waals surface area contributed by atoms with Gasteiger partial charge in [-0.05, 0) is 61.3 Å². The van der Waals surface area contributed by atoms with Gasteiger partial charge in [-0.2, -0.15) is 0 Å². The van der Waals surface area contributed by atoms with Crippen LogP contribution < -0.4 is 0 Å². The highest BCUT2D eigenvalue weighted by molar-refractivity contribution is 5.94. The van der Waals surface area contributed by atoms with Crippen molar-refractivity contribution >= 4 is 11.8 Å². The third kappa shape index (κ3) is 3.54. The Kier molecular flexibility index (Phi) is 5.08. The number of carboxylic acid groups (broad SMARTS) is 1. The Morgan fingerprint density at radius 3 is 2.61 bits per heavy atom. The standard InChI is InChI=1S/C20H32O3/c1-13(11-17(22)23)7-8-15-14(2)12-16(21)18-19(3,4)9-6-10-20(15,18)5/h12-13,15,18H,6-11H2,1-5H3,(H,22,23)/t13-,15+,18+,20-/m1/s1. The van der Waals surface area contributed by atoms with Crippen LogP contribution in [0.2, 0.25) is 0 Å². The summed E-state index contributed by atoms with van der Waals surface area (Å²) >= 11 is 0. The minimum Gasteiger partial charge on any atom is -0.481 e. The third-order valence-electron chi connectivity index (χ3n) is 6.45. The monoisotopic (exact) mass is 320 g/mol. The highest BCUT2D eigenvalue weighted by atomic mass is 16.4. The van der Waals surface area contributed by atoms with Crippen LogP contribution in [0.25, 0.3) is 0 Å². The van der Waals surface area contributed by atoms with Gasteiger partial charge in [0.15, 0.2) is 5.78 Å². The zero-order chi connectivity index (χ0) is 17.4. The first-order valence-corrected chi connectivity index (χ1v) is 9.02. The SMILES string of the molecule is CC1=CC(=O)[C@H]2C(C)(C)CCC[C@]2(C)[C@H]1CC[C@@H](C)CC(=O)O. The number of carbonyl (C=O) groups is 2. The molecular weight excluding hydrogens is 288 g/mol. The smallest absolute Gasteiger partial charge is 0.303 e. The van der Waals surface area contributed by atoms with E-state index < -0.39 is 5.97 Å². The number of rotatable bonds is 5. The molecule has 0 bridgehead atoms. The maximum absolute atomic E-state index is 12.7. The summed E-state index contributed by atoms with van der Waals surface area (Å²) in [7, 11) is 0. The second-order valence-electron chi connectivity index (χ2n) is 8.90. The van der Waals surface area contributed by atoms with Crippen molar-refractivity contribution in [3.63, 3.8) is 0 Å². The molecule has 0 amide bonds. The predicted octanol–water partition coefficient (Wildman–Crippen LogP) is 4.86. The molecule has 1 N–H and O–H groups in total. The van der Waals surface area contributed by atoms with Gasteiger partial charge in [-0.3, -0.25) is 9.59 Å². The van der Waals surface area contributed by atoms with Crippen LogP contribution in [-0.2, 0) is 9.59 Å². The van der Waals surface area contributed by atoms with E-state index in [-0.39, 0.29) is 29.1 Å². The fourth-order valence-electron chi connectivity index (χ4n) is 5.53. The maximum atomic E-state index is 12.7. The number of carboxylic acids is 1. The van der Waals surface area contributed by atoms with Crippen molar-refractivity contribution in [3.05, 3.63) is 11.6 Å². The Hall–Kier alpha value is -1.12. The van der Waals surface area contributed by atoms with Crippen LogP contribution in [0, 0.1) is 28.6 Å². The van der Waals surface area contributed by atoms with Crippen LogP contribution in [0.1, 0.15) is 73.1 Å². The zero-order valence-corrected chi connectivity index (χ0v) is 15.3. The molecule has 4 atom stereocenters. The van der Waals surface area contributed by atoms with Crippen molar-refractivity contribution in [2.24, 2.45) is 28.6 Å². The van der Waals surface area contributed by atoms with E-state index in [1.807, 2.05) is 13.0 Å². The Balaban J connectivity index is 2.22. The summed E-state index contributed by atoms with van der Waals surface area (Å²) in [6.07, 6.45) is 7.43. The molecule has 23 heavy (non-hydrogen) atoms. The molecule has 0 aromatic carbocycles. The Labute approximate surface area is 140 Å². The average molecular weight is 320 g/mol. The molecule has 2 aliphatic carbocycles. The number of hydrogen-bond donors (Lipinski definition) is 1. The van der Waals surface area contributed by atoms with Crippen LogP contribution in [0.4, 0.5) is 0 Å².